The standard InChI is InChI=1S/C21H16N4O6/c26-12-11-24-20(27)15-5-1-4-14-17(8-7-16(19(14)15)21(24)28)23-22-10-2-3-13-6-9-18(31-13)25(29)30/h1-10,23,26H,11-12H2/b3-2+,22-10+. The van der Waals surface area contributed by atoms with Crippen molar-refractivity contribution in [1.29, 1.82) is 0 Å². The molecule has 0 atom stereocenters. The highest BCUT2D eigenvalue weighted by Crippen LogP contribution is 2.34. The maximum absolute atomic E-state index is 12.7. The molecular weight excluding hydrogens is 404 g/mol. The summed E-state index contributed by atoms with van der Waals surface area (Å²) in [6, 6.07) is 11.2. The Morgan fingerprint density at radius 1 is 1.13 bits per heavy atom. The zero-order chi connectivity index (χ0) is 22.0. The van der Waals surface area contributed by atoms with Crippen LogP contribution in [0.5, 0.6) is 0 Å². The number of amides is 2. The van der Waals surface area contributed by atoms with E-state index in [1.165, 1.54) is 24.4 Å². The SMILES string of the molecule is O=C1c2cccc3c(N/N=C/C=C/c4ccc([N+](=O)[O-])o4)ccc(c23)C(=O)N1CCO. The third kappa shape index (κ3) is 3.67. The summed E-state index contributed by atoms with van der Waals surface area (Å²) in [5.41, 5.74) is 4.23. The van der Waals surface area contributed by atoms with Crippen LogP contribution in [-0.4, -0.2) is 46.1 Å². The van der Waals surface area contributed by atoms with E-state index in [-0.39, 0.29) is 19.0 Å². The molecule has 0 saturated carbocycles. The van der Waals surface area contributed by atoms with Gasteiger partial charge in [-0.3, -0.25) is 30.0 Å². The summed E-state index contributed by atoms with van der Waals surface area (Å²) < 4.78 is 5.01. The number of benzene rings is 2. The fourth-order valence-corrected chi connectivity index (χ4v) is 3.36. The van der Waals surface area contributed by atoms with E-state index in [1.807, 2.05) is 0 Å². The van der Waals surface area contributed by atoms with Crippen LogP contribution < -0.4 is 5.43 Å². The van der Waals surface area contributed by atoms with Gasteiger partial charge in [0, 0.05) is 28.1 Å². The minimum atomic E-state index is -0.622. The van der Waals surface area contributed by atoms with Gasteiger partial charge in [-0.05, 0) is 36.4 Å². The number of hydrogen-bond donors (Lipinski definition) is 2. The van der Waals surface area contributed by atoms with E-state index in [4.69, 9.17) is 9.52 Å². The molecule has 3 aromatic rings. The first-order chi connectivity index (χ1) is 15.0. The van der Waals surface area contributed by atoms with Crippen molar-refractivity contribution >= 4 is 46.4 Å². The molecule has 31 heavy (non-hydrogen) atoms. The number of hydrazone groups is 1. The van der Waals surface area contributed by atoms with Gasteiger partial charge >= 0.3 is 5.88 Å². The van der Waals surface area contributed by atoms with E-state index in [2.05, 4.69) is 10.5 Å². The molecule has 10 nitrogen and oxygen atoms in total. The third-order valence-electron chi connectivity index (χ3n) is 4.71. The Bertz CT molecular complexity index is 1240. The van der Waals surface area contributed by atoms with Gasteiger partial charge in [0.1, 0.15) is 10.7 Å². The number of aliphatic hydroxyl groups excluding tert-OH is 1. The maximum Gasteiger partial charge on any atom is 0.433 e. The molecule has 0 aliphatic carbocycles. The fourth-order valence-electron chi connectivity index (χ4n) is 3.36. The molecule has 1 aliphatic rings. The summed E-state index contributed by atoms with van der Waals surface area (Å²) in [7, 11) is 0. The molecule has 156 valence electrons. The predicted molar refractivity (Wildman–Crippen MR) is 113 cm³/mol. The molecular formula is C21H16N4O6. The van der Waals surface area contributed by atoms with Crippen LogP contribution >= 0.6 is 0 Å². The largest absolute Gasteiger partial charge is 0.433 e. The van der Waals surface area contributed by atoms with Crippen molar-refractivity contribution < 1.29 is 24.0 Å². The monoisotopic (exact) mass is 420 g/mol. The Balaban J connectivity index is 1.57. The van der Waals surface area contributed by atoms with Crippen LogP contribution in [-0.2, 0) is 0 Å². The number of nitrogens with zero attached hydrogens (tertiary/aromatic N) is 3. The number of carbonyl (C=O) groups excluding carboxylic acids is 2. The topological polar surface area (TPSA) is 138 Å². The number of furan rings is 1. The van der Waals surface area contributed by atoms with E-state index >= 15 is 0 Å². The lowest BCUT2D eigenvalue weighted by Crippen LogP contribution is -2.41. The van der Waals surface area contributed by atoms with Crippen molar-refractivity contribution in [2.24, 2.45) is 5.10 Å². The maximum atomic E-state index is 12.7. The first-order valence-electron chi connectivity index (χ1n) is 9.24. The predicted octanol–water partition coefficient (Wildman–Crippen LogP) is 3.04. The Labute approximate surface area is 175 Å². The highest BCUT2D eigenvalue weighted by Gasteiger charge is 2.32. The van der Waals surface area contributed by atoms with Gasteiger partial charge in [0.15, 0.2) is 0 Å². The number of aliphatic hydroxyl groups is 1. The molecule has 2 heterocycles. The molecule has 0 saturated heterocycles. The van der Waals surface area contributed by atoms with Gasteiger partial charge in [0.25, 0.3) is 11.8 Å². The highest BCUT2D eigenvalue weighted by molar-refractivity contribution is 6.26. The summed E-state index contributed by atoms with van der Waals surface area (Å²) in [4.78, 5) is 36.4. The van der Waals surface area contributed by atoms with Gasteiger partial charge in [-0.15, -0.1) is 0 Å². The quantitative estimate of drug-likeness (QED) is 0.259. The van der Waals surface area contributed by atoms with Gasteiger partial charge < -0.3 is 9.52 Å². The van der Waals surface area contributed by atoms with Crippen molar-refractivity contribution in [2.75, 3.05) is 18.6 Å². The number of allylic oxidation sites excluding steroid dienone is 1. The lowest BCUT2D eigenvalue weighted by molar-refractivity contribution is -0.402. The highest BCUT2D eigenvalue weighted by atomic mass is 16.6. The van der Waals surface area contributed by atoms with Crippen LogP contribution in [0.15, 0.2) is 58.1 Å². The molecule has 0 unspecified atom stereocenters. The van der Waals surface area contributed by atoms with Gasteiger partial charge in [-0.2, -0.15) is 5.10 Å². The molecule has 2 amide bonds. The number of nitrogens with one attached hydrogen (secondary N) is 1. The van der Waals surface area contributed by atoms with E-state index in [1.54, 1.807) is 36.4 Å². The number of β-amino-alcohol motifs (C(OH)–C–C–N with tert-alkyl or cyclic N) is 1. The molecule has 1 aliphatic heterocycles. The van der Waals surface area contributed by atoms with Crippen molar-refractivity contribution in [3.05, 3.63) is 75.5 Å². The zero-order valence-corrected chi connectivity index (χ0v) is 16.0. The number of hydrogen-bond acceptors (Lipinski definition) is 8. The van der Waals surface area contributed by atoms with E-state index in [0.717, 1.165) is 4.90 Å². The minimum Gasteiger partial charge on any atom is -0.401 e. The first-order valence-corrected chi connectivity index (χ1v) is 9.24. The molecule has 4 rings (SSSR count). The Hall–Kier alpha value is -4.31. The summed E-state index contributed by atoms with van der Waals surface area (Å²) in [6.45, 7) is -0.376. The second-order valence-electron chi connectivity index (χ2n) is 6.56. The van der Waals surface area contributed by atoms with Gasteiger partial charge in [0.2, 0.25) is 0 Å². The third-order valence-corrected chi connectivity index (χ3v) is 4.71. The number of imide groups is 1. The van der Waals surface area contributed by atoms with Gasteiger partial charge in [-0.25, -0.2) is 0 Å². The van der Waals surface area contributed by atoms with Crippen LogP contribution in [0.4, 0.5) is 11.6 Å². The summed E-state index contributed by atoms with van der Waals surface area (Å²) in [5, 5.41) is 25.1. The smallest absolute Gasteiger partial charge is 0.401 e. The molecule has 2 aromatic carbocycles. The Morgan fingerprint density at radius 2 is 1.90 bits per heavy atom. The Morgan fingerprint density at radius 3 is 2.61 bits per heavy atom. The average molecular weight is 420 g/mol. The van der Waals surface area contributed by atoms with E-state index < -0.39 is 16.7 Å². The summed E-state index contributed by atoms with van der Waals surface area (Å²) >= 11 is 0. The van der Waals surface area contributed by atoms with Crippen molar-refractivity contribution in [1.82, 2.24) is 4.90 Å². The summed E-state index contributed by atoms with van der Waals surface area (Å²) in [6.07, 6.45) is 4.49. The molecule has 0 fully saturated rings. The zero-order valence-electron chi connectivity index (χ0n) is 16.0. The van der Waals surface area contributed by atoms with Crippen LogP contribution in [0.1, 0.15) is 26.5 Å². The first kappa shape index (κ1) is 20.0. The van der Waals surface area contributed by atoms with Crippen molar-refractivity contribution in [3.63, 3.8) is 0 Å². The molecule has 2 N–H and O–H groups in total. The number of nitro groups is 1. The average Bonchev–Trinajstić information content (AvgIpc) is 3.24. The van der Waals surface area contributed by atoms with Crippen LogP contribution in [0.25, 0.3) is 16.8 Å². The van der Waals surface area contributed by atoms with Crippen LogP contribution in [0.2, 0.25) is 0 Å². The molecule has 1 aromatic heterocycles. The van der Waals surface area contributed by atoms with Crippen molar-refractivity contribution in [2.45, 2.75) is 0 Å². The van der Waals surface area contributed by atoms with E-state index in [9.17, 15) is 19.7 Å². The van der Waals surface area contributed by atoms with Crippen LogP contribution in [0.3, 0.4) is 0 Å². The summed E-state index contributed by atoms with van der Waals surface area (Å²) in [5.74, 6) is -0.939. The number of anilines is 1. The van der Waals surface area contributed by atoms with Crippen molar-refractivity contribution in [3.8, 4) is 0 Å². The number of rotatable bonds is 7. The van der Waals surface area contributed by atoms with E-state index in [0.29, 0.717) is 33.3 Å². The van der Waals surface area contributed by atoms with Crippen LogP contribution in [0, 0.1) is 10.1 Å². The molecule has 0 radical (unpaired) electrons. The molecule has 10 heteroatoms. The fraction of sp³-hybridized carbons (Fsp3) is 0.0952. The molecule has 0 bridgehead atoms. The Kier molecular flexibility index (Phi) is 5.29. The minimum absolute atomic E-state index is 0.0665. The normalized spacial score (nSPS) is 13.6. The second kappa shape index (κ2) is 8.20. The molecule has 0 spiro atoms. The number of carbonyl (C=O) groups is 2. The van der Waals surface area contributed by atoms with Gasteiger partial charge in [0.05, 0.1) is 24.9 Å². The lowest BCUT2D eigenvalue weighted by atomic mass is 9.93. The van der Waals surface area contributed by atoms with Gasteiger partial charge in [-0.1, -0.05) is 12.1 Å². The second-order valence-corrected chi connectivity index (χ2v) is 6.56. The lowest BCUT2D eigenvalue weighted by Gasteiger charge is -2.27.